The van der Waals surface area contributed by atoms with E-state index < -0.39 is 0 Å². The van der Waals surface area contributed by atoms with Gasteiger partial charge in [0.1, 0.15) is 5.75 Å². The second-order valence-corrected chi connectivity index (χ2v) is 6.79. The minimum Gasteiger partial charge on any atom is -0.496 e. The fraction of sp³-hybridized carbons (Fsp3) is 0.444. The van der Waals surface area contributed by atoms with Gasteiger partial charge in [0.25, 0.3) is 0 Å². The largest absolute Gasteiger partial charge is 0.496 e. The zero-order chi connectivity index (χ0) is 15.2. The van der Waals surface area contributed by atoms with Gasteiger partial charge in [-0.25, -0.2) is 0 Å². The highest BCUT2D eigenvalue weighted by Gasteiger charge is 2.16. The maximum atomic E-state index is 5.52. The van der Waals surface area contributed by atoms with E-state index in [0.717, 1.165) is 25.1 Å². The van der Waals surface area contributed by atoms with Gasteiger partial charge >= 0.3 is 0 Å². The van der Waals surface area contributed by atoms with Crippen LogP contribution >= 0.6 is 11.3 Å². The van der Waals surface area contributed by atoms with E-state index in [2.05, 4.69) is 56.4 Å². The van der Waals surface area contributed by atoms with Gasteiger partial charge in [-0.1, -0.05) is 24.6 Å². The molecule has 114 valence electrons. The van der Waals surface area contributed by atoms with Gasteiger partial charge in [0.05, 0.1) is 7.11 Å². The van der Waals surface area contributed by atoms with Crippen molar-refractivity contribution < 1.29 is 4.74 Å². The first-order valence-corrected chi connectivity index (χ1v) is 8.39. The van der Waals surface area contributed by atoms with Crippen molar-refractivity contribution in [2.75, 3.05) is 13.7 Å². The van der Waals surface area contributed by atoms with Gasteiger partial charge in [-0.3, -0.25) is 0 Å². The number of nitrogens with one attached hydrogen (secondary N) is 1. The Labute approximate surface area is 132 Å². The van der Waals surface area contributed by atoms with E-state index in [0.29, 0.717) is 6.04 Å². The van der Waals surface area contributed by atoms with Crippen LogP contribution in [0, 0.1) is 13.8 Å². The summed E-state index contributed by atoms with van der Waals surface area (Å²) in [7, 11) is 1.75. The lowest BCUT2D eigenvalue weighted by molar-refractivity contribution is 0.405. The Morgan fingerprint density at radius 2 is 2.00 bits per heavy atom. The van der Waals surface area contributed by atoms with Gasteiger partial charge in [0.2, 0.25) is 0 Å². The molecule has 0 saturated heterocycles. The normalized spacial score (nSPS) is 12.4. The van der Waals surface area contributed by atoms with Gasteiger partial charge < -0.3 is 10.1 Å². The van der Waals surface area contributed by atoms with E-state index in [-0.39, 0.29) is 0 Å². The van der Waals surface area contributed by atoms with Crippen molar-refractivity contribution in [2.24, 2.45) is 0 Å². The van der Waals surface area contributed by atoms with E-state index in [1.54, 1.807) is 7.11 Å². The molecule has 1 aromatic heterocycles. The zero-order valence-electron chi connectivity index (χ0n) is 13.4. The molecule has 1 unspecified atom stereocenters. The molecule has 0 bridgehead atoms. The van der Waals surface area contributed by atoms with Crippen molar-refractivity contribution in [3.05, 3.63) is 51.2 Å². The van der Waals surface area contributed by atoms with Crippen molar-refractivity contribution in [2.45, 2.75) is 39.7 Å². The number of benzene rings is 1. The lowest BCUT2D eigenvalue weighted by Crippen LogP contribution is -2.23. The number of ether oxygens (including phenoxy) is 1. The summed E-state index contributed by atoms with van der Waals surface area (Å²) >= 11 is 1.88. The Bertz CT molecular complexity index is 576. The van der Waals surface area contributed by atoms with Crippen LogP contribution in [0.15, 0.2) is 30.3 Å². The predicted octanol–water partition coefficient (Wildman–Crippen LogP) is 4.66. The molecule has 3 heteroatoms. The molecule has 1 aromatic carbocycles. The summed E-state index contributed by atoms with van der Waals surface area (Å²) in [6, 6.07) is 11.2. The van der Waals surface area contributed by atoms with Crippen LogP contribution in [-0.4, -0.2) is 13.7 Å². The molecule has 2 rings (SSSR count). The zero-order valence-corrected chi connectivity index (χ0v) is 14.2. The monoisotopic (exact) mass is 303 g/mol. The van der Waals surface area contributed by atoms with E-state index >= 15 is 0 Å². The van der Waals surface area contributed by atoms with Crippen LogP contribution in [0.3, 0.4) is 0 Å². The smallest absolute Gasteiger partial charge is 0.122 e. The number of hydrogen-bond acceptors (Lipinski definition) is 3. The summed E-state index contributed by atoms with van der Waals surface area (Å²) in [5, 5.41) is 3.67. The number of hydrogen-bond donors (Lipinski definition) is 1. The number of thiophene rings is 1. The van der Waals surface area contributed by atoms with Crippen LogP contribution in [0.4, 0.5) is 0 Å². The van der Waals surface area contributed by atoms with Crippen molar-refractivity contribution >= 4 is 11.3 Å². The Morgan fingerprint density at radius 3 is 2.62 bits per heavy atom. The first-order chi connectivity index (χ1) is 10.1. The van der Waals surface area contributed by atoms with Gasteiger partial charge in [0, 0.05) is 15.8 Å². The van der Waals surface area contributed by atoms with Crippen LogP contribution < -0.4 is 10.1 Å². The lowest BCUT2D eigenvalue weighted by Gasteiger charge is -2.19. The molecule has 0 aliphatic rings. The number of rotatable bonds is 7. The van der Waals surface area contributed by atoms with E-state index in [9.17, 15) is 0 Å². The molecule has 0 saturated carbocycles. The van der Waals surface area contributed by atoms with Crippen LogP contribution in [0.1, 0.15) is 40.3 Å². The summed E-state index contributed by atoms with van der Waals surface area (Å²) in [5.74, 6) is 0.983. The highest BCUT2D eigenvalue weighted by molar-refractivity contribution is 7.12. The average Bonchev–Trinajstić information content (AvgIpc) is 2.90. The van der Waals surface area contributed by atoms with Crippen molar-refractivity contribution in [3.8, 4) is 5.75 Å². The maximum absolute atomic E-state index is 5.52. The Kier molecular flexibility index (Phi) is 5.83. The van der Waals surface area contributed by atoms with Gasteiger partial charge in [0.15, 0.2) is 0 Å². The third-order valence-electron chi connectivity index (χ3n) is 3.61. The van der Waals surface area contributed by atoms with Crippen LogP contribution in [0.2, 0.25) is 0 Å². The van der Waals surface area contributed by atoms with Gasteiger partial charge in [-0.15, -0.1) is 11.3 Å². The van der Waals surface area contributed by atoms with Crippen molar-refractivity contribution in [1.82, 2.24) is 5.32 Å². The average molecular weight is 303 g/mol. The van der Waals surface area contributed by atoms with Crippen molar-refractivity contribution in [3.63, 3.8) is 0 Å². The summed E-state index contributed by atoms with van der Waals surface area (Å²) in [4.78, 5) is 2.77. The summed E-state index contributed by atoms with van der Waals surface area (Å²) in [5.41, 5.74) is 2.56. The quantitative estimate of drug-likeness (QED) is 0.803. The minimum atomic E-state index is 0.361. The second kappa shape index (κ2) is 7.62. The van der Waals surface area contributed by atoms with E-state index in [1.807, 2.05) is 11.3 Å². The Balaban J connectivity index is 2.24. The highest BCUT2D eigenvalue weighted by atomic mass is 32.1. The predicted molar refractivity (Wildman–Crippen MR) is 91.5 cm³/mol. The second-order valence-electron chi connectivity index (χ2n) is 5.47. The fourth-order valence-electron chi connectivity index (χ4n) is 2.52. The molecule has 1 atom stereocenters. The third-order valence-corrected chi connectivity index (χ3v) is 4.72. The van der Waals surface area contributed by atoms with Crippen molar-refractivity contribution in [1.29, 1.82) is 0 Å². The topological polar surface area (TPSA) is 21.3 Å². The molecule has 1 N–H and O–H groups in total. The first-order valence-electron chi connectivity index (χ1n) is 7.57. The summed E-state index contributed by atoms with van der Waals surface area (Å²) in [6.07, 6.45) is 2.11. The van der Waals surface area contributed by atoms with Crippen LogP contribution in [-0.2, 0) is 6.42 Å². The van der Waals surface area contributed by atoms with E-state index in [4.69, 9.17) is 4.74 Å². The van der Waals surface area contributed by atoms with Gasteiger partial charge in [-0.05, 0) is 57.0 Å². The molecule has 21 heavy (non-hydrogen) atoms. The molecule has 2 aromatic rings. The molecular formula is C18H25NOS. The first kappa shape index (κ1) is 16.1. The molecule has 0 fully saturated rings. The molecule has 0 aliphatic heterocycles. The maximum Gasteiger partial charge on any atom is 0.122 e. The number of methoxy groups -OCH3 is 1. The third kappa shape index (κ3) is 4.32. The molecule has 0 spiro atoms. The Hall–Kier alpha value is -1.32. The number of aryl methyl sites for hydroxylation is 2. The SMILES string of the molecule is CCCNC(Cc1cc(C)ccc1OC)c1ccc(C)s1. The summed E-state index contributed by atoms with van der Waals surface area (Å²) in [6.45, 7) is 7.54. The molecule has 0 aliphatic carbocycles. The standard InChI is InChI=1S/C18H25NOS/c1-5-10-19-16(18-9-7-14(3)21-18)12-15-11-13(2)6-8-17(15)20-4/h6-9,11,16,19H,5,10,12H2,1-4H3. The molecule has 2 nitrogen and oxygen atoms in total. The molecule has 1 heterocycles. The minimum absolute atomic E-state index is 0.361. The fourth-order valence-corrected chi connectivity index (χ4v) is 3.47. The molecular weight excluding hydrogens is 278 g/mol. The van der Waals surface area contributed by atoms with Gasteiger partial charge in [-0.2, -0.15) is 0 Å². The lowest BCUT2D eigenvalue weighted by atomic mass is 10.0. The van der Waals surface area contributed by atoms with E-state index in [1.165, 1.54) is 20.9 Å². The molecule has 0 amide bonds. The highest BCUT2D eigenvalue weighted by Crippen LogP contribution is 2.29. The van der Waals surface area contributed by atoms with Crippen LogP contribution in [0.25, 0.3) is 0 Å². The van der Waals surface area contributed by atoms with Crippen LogP contribution in [0.5, 0.6) is 5.75 Å². The molecule has 0 radical (unpaired) electrons. The Morgan fingerprint density at radius 1 is 1.19 bits per heavy atom. The summed E-state index contributed by atoms with van der Waals surface area (Å²) < 4.78 is 5.52.